The number of thiocarbonyl (C=S) groups is 1. The zero-order chi connectivity index (χ0) is 13.3. The topological polar surface area (TPSA) is 75.3 Å². The van der Waals surface area contributed by atoms with Crippen molar-refractivity contribution in [3.63, 3.8) is 0 Å². The Kier molecular flexibility index (Phi) is 3.69. The first-order chi connectivity index (χ1) is 8.41. The summed E-state index contributed by atoms with van der Waals surface area (Å²) in [5, 5.41) is 3.96. The molecule has 1 aliphatic rings. The molecule has 2 rings (SSSR count). The normalized spacial score (nSPS) is 20.2. The van der Waals surface area contributed by atoms with E-state index < -0.39 is 21.0 Å². The Morgan fingerprint density at radius 2 is 1.89 bits per heavy atom. The maximum atomic E-state index is 12.3. The molecule has 8 heteroatoms. The molecule has 1 aliphatic heterocycles. The number of carbonyl (C=O) groups is 1. The molecule has 1 aromatic carbocycles. The molecule has 0 aliphatic carbocycles. The minimum Gasteiger partial charge on any atom is -0.361 e. The van der Waals surface area contributed by atoms with Crippen molar-refractivity contribution in [3.05, 3.63) is 28.7 Å². The highest BCUT2D eigenvalue weighted by molar-refractivity contribution is 9.10. The second kappa shape index (κ2) is 4.94. The van der Waals surface area contributed by atoms with Crippen LogP contribution in [0.5, 0.6) is 0 Å². The maximum Gasteiger partial charge on any atom is 0.246 e. The molecule has 2 N–H and O–H groups in total. The summed E-state index contributed by atoms with van der Waals surface area (Å²) in [5.74, 6) is -0.596. The third-order valence-corrected chi connectivity index (χ3v) is 5.33. The molecule has 1 saturated heterocycles. The molecule has 1 aromatic rings. The van der Waals surface area contributed by atoms with Crippen LogP contribution in [0, 0.1) is 0 Å². The number of halogens is 1. The number of sulfone groups is 1. The van der Waals surface area contributed by atoms with Crippen molar-refractivity contribution < 1.29 is 13.2 Å². The van der Waals surface area contributed by atoms with E-state index in [0.29, 0.717) is 0 Å². The number of hydrogen-bond donors (Lipinski definition) is 2. The van der Waals surface area contributed by atoms with Crippen molar-refractivity contribution in [2.45, 2.75) is 10.1 Å². The average Bonchev–Trinajstić information content (AvgIpc) is 2.29. The van der Waals surface area contributed by atoms with Gasteiger partial charge < -0.3 is 10.6 Å². The number of amides is 1. The highest BCUT2D eigenvalue weighted by Gasteiger charge is 2.37. The van der Waals surface area contributed by atoms with Crippen molar-refractivity contribution in [1.82, 2.24) is 10.6 Å². The molecule has 0 spiro atoms. The molecular formula is C10H9BrN2O3S2. The van der Waals surface area contributed by atoms with Gasteiger partial charge in [0, 0.05) is 11.0 Å². The lowest BCUT2D eigenvalue weighted by molar-refractivity contribution is -0.119. The molecule has 0 bridgehead atoms. The minimum atomic E-state index is -3.71. The Labute approximate surface area is 118 Å². The molecule has 0 aromatic heterocycles. The van der Waals surface area contributed by atoms with Gasteiger partial charge in [0.25, 0.3) is 0 Å². The van der Waals surface area contributed by atoms with Crippen LogP contribution in [0.3, 0.4) is 0 Å². The van der Waals surface area contributed by atoms with Gasteiger partial charge in [0.05, 0.1) is 4.90 Å². The van der Waals surface area contributed by atoms with Crippen LogP contribution in [0.25, 0.3) is 0 Å². The van der Waals surface area contributed by atoms with Gasteiger partial charge in [0.15, 0.2) is 20.2 Å². The zero-order valence-corrected chi connectivity index (χ0v) is 12.2. The standard InChI is InChI=1S/C10H9BrN2O3S2/c11-6-1-3-7(4-2-6)18(15,16)8-5-12-10(17)13-9(8)14/h1-4,8H,5H2,(H2,12,13,14,17). The van der Waals surface area contributed by atoms with Gasteiger partial charge >= 0.3 is 0 Å². The van der Waals surface area contributed by atoms with Crippen LogP contribution in [-0.2, 0) is 14.6 Å². The monoisotopic (exact) mass is 348 g/mol. The first-order valence-electron chi connectivity index (χ1n) is 4.99. The molecule has 0 radical (unpaired) electrons. The molecular weight excluding hydrogens is 340 g/mol. The van der Waals surface area contributed by atoms with Gasteiger partial charge in [-0.05, 0) is 36.5 Å². The lowest BCUT2D eigenvalue weighted by Gasteiger charge is -2.23. The van der Waals surface area contributed by atoms with Crippen LogP contribution in [0.4, 0.5) is 0 Å². The fourth-order valence-electron chi connectivity index (χ4n) is 1.55. The molecule has 1 unspecified atom stereocenters. The molecule has 1 fully saturated rings. The van der Waals surface area contributed by atoms with Crippen molar-refractivity contribution in [2.75, 3.05) is 6.54 Å². The quantitative estimate of drug-likeness (QED) is 0.765. The second-order valence-corrected chi connectivity index (χ2v) is 7.14. The predicted molar refractivity (Wildman–Crippen MR) is 73.9 cm³/mol. The largest absolute Gasteiger partial charge is 0.361 e. The van der Waals surface area contributed by atoms with Crippen LogP contribution in [0.15, 0.2) is 33.6 Å². The van der Waals surface area contributed by atoms with Crippen LogP contribution < -0.4 is 10.6 Å². The van der Waals surface area contributed by atoms with E-state index in [1.807, 2.05) is 0 Å². The Balaban J connectivity index is 2.34. The predicted octanol–water partition coefficient (Wildman–Crippen LogP) is 0.596. The Bertz CT molecular complexity index is 598. The Hall–Kier alpha value is -0.990. The summed E-state index contributed by atoms with van der Waals surface area (Å²) in [6, 6.07) is 6.15. The van der Waals surface area contributed by atoms with Crippen LogP contribution >= 0.6 is 28.1 Å². The molecule has 0 saturated carbocycles. The third kappa shape index (κ3) is 2.55. The zero-order valence-electron chi connectivity index (χ0n) is 9.01. The van der Waals surface area contributed by atoms with Gasteiger partial charge in [-0.2, -0.15) is 0 Å². The fourth-order valence-corrected chi connectivity index (χ4v) is 3.49. The Morgan fingerprint density at radius 1 is 1.28 bits per heavy atom. The summed E-state index contributed by atoms with van der Waals surface area (Å²) in [5.41, 5.74) is 0. The molecule has 18 heavy (non-hydrogen) atoms. The lowest BCUT2D eigenvalue weighted by atomic mass is 10.3. The first kappa shape index (κ1) is 13.4. The highest BCUT2D eigenvalue weighted by atomic mass is 79.9. The SMILES string of the molecule is O=C1NC(=S)NCC1S(=O)(=O)c1ccc(Br)cc1. The van der Waals surface area contributed by atoms with Crippen molar-refractivity contribution in [1.29, 1.82) is 0 Å². The van der Waals surface area contributed by atoms with Crippen LogP contribution in [0.2, 0.25) is 0 Å². The summed E-state index contributed by atoms with van der Waals surface area (Å²) in [6.07, 6.45) is 0. The summed E-state index contributed by atoms with van der Waals surface area (Å²) >= 11 is 7.97. The van der Waals surface area contributed by atoms with Crippen LogP contribution in [-0.4, -0.2) is 31.2 Å². The molecule has 1 atom stereocenters. The van der Waals surface area contributed by atoms with Gasteiger partial charge in [-0.3, -0.25) is 4.79 Å². The number of nitrogens with one attached hydrogen (secondary N) is 2. The smallest absolute Gasteiger partial charge is 0.246 e. The van der Waals surface area contributed by atoms with Crippen molar-refractivity contribution in [3.8, 4) is 0 Å². The highest BCUT2D eigenvalue weighted by Crippen LogP contribution is 2.20. The number of rotatable bonds is 2. The van der Waals surface area contributed by atoms with E-state index in [9.17, 15) is 13.2 Å². The first-order valence-corrected chi connectivity index (χ1v) is 7.74. The number of benzene rings is 1. The summed E-state index contributed by atoms with van der Waals surface area (Å²) in [7, 11) is -3.71. The van der Waals surface area contributed by atoms with Crippen LogP contribution in [0.1, 0.15) is 0 Å². The van der Waals surface area contributed by atoms with Gasteiger partial charge in [0.1, 0.15) is 0 Å². The van der Waals surface area contributed by atoms with E-state index in [0.717, 1.165) is 4.47 Å². The van der Waals surface area contributed by atoms with E-state index in [4.69, 9.17) is 12.2 Å². The summed E-state index contributed by atoms with van der Waals surface area (Å²) in [4.78, 5) is 11.8. The Morgan fingerprint density at radius 3 is 2.44 bits per heavy atom. The molecule has 1 amide bonds. The number of hydrogen-bond acceptors (Lipinski definition) is 4. The van der Waals surface area contributed by atoms with Gasteiger partial charge in [-0.1, -0.05) is 15.9 Å². The number of carbonyl (C=O) groups excluding carboxylic acids is 1. The summed E-state index contributed by atoms with van der Waals surface area (Å²) < 4.78 is 25.3. The molecule has 5 nitrogen and oxygen atoms in total. The van der Waals surface area contributed by atoms with Gasteiger partial charge in [-0.25, -0.2) is 8.42 Å². The molecule has 96 valence electrons. The van der Waals surface area contributed by atoms with Gasteiger partial charge in [0.2, 0.25) is 5.91 Å². The van der Waals surface area contributed by atoms with E-state index >= 15 is 0 Å². The van der Waals surface area contributed by atoms with E-state index in [-0.39, 0.29) is 16.6 Å². The second-order valence-electron chi connectivity index (χ2n) is 3.69. The third-order valence-electron chi connectivity index (χ3n) is 2.49. The van der Waals surface area contributed by atoms with E-state index in [1.165, 1.54) is 12.1 Å². The van der Waals surface area contributed by atoms with Crippen molar-refractivity contribution >= 4 is 49.0 Å². The van der Waals surface area contributed by atoms with Crippen molar-refractivity contribution in [2.24, 2.45) is 0 Å². The maximum absolute atomic E-state index is 12.3. The molecule has 1 heterocycles. The minimum absolute atomic E-state index is 0.0108. The fraction of sp³-hybridized carbons (Fsp3) is 0.200. The summed E-state index contributed by atoms with van der Waals surface area (Å²) in [6.45, 7) is -0.0108. The average molecular weight is 349 g/mol. The van der Waals surface area contributed by atoms with E-state index in [2.05, 4.69) is 26.6 Å². The van der Waals surface area contributed by atoms with Gasteiger partial charge in [-0.15, -0.1) is 0 Å². The lowest BCUT2D eigenvalue weighted by Crippen LogP contribution is -2.57. The van der Waals surface area contributed by atoms with E-state index in [1.54, 1.807) is 12.1 Å².